The molecule has 0 aromatic heterocycles. The van der Waals surface area contributed by atoms with Gasteiger partial charge in [-0.3, -0.25) is 4.79 Å². The summed E-state index contributed by atoms with van der Waals surface area (Å²) in [5, 5.41) is 13.1. The molecule has 2 aromatic carbocycles. The van der Waals surface area contributed by atoms with Crippen LogP contribution >= 0.6 is 0 Å². The molecule has 2 aromatic rings. The summed E-state index contributed by atoms with van der Waals surface area (Å²) in [5.41, 5.74) is 1.47. The molecule has 0 spiro atoms. The van der Waals surface area contributed by atoms with E-state index in [4.69, 9.17) is 4.74 Å². The minimum atomic E-state index is -1.37. The van der Waals surface area contributed by atoms with Crippen molar-refractivity contribution in [1.82, 2.24) is 0 Å². The summed E-state index contributed by atoms with van der Waals surface area (Å²) in [6.45, 7) is 1.76. The molecule has 0 fully saturated rings. The molecule has 118 valence electrons. The van der Waals surface area contributed by atoms with Gasteiger partial charge in [-0.05, 0) is 42.3 Å². The molecule has 5 heteroatoms. The molecule has 0 heterocycles. The van der Waals surface area contributed by atoms with E-state index in [0.29, 0.717) is 18.0 Å². The van der Waals surface area contributed by atoms with E-state index in [1.165, 1.54) is 6.92 Å². The monoisotopic (exact) mass is 310 g/mol. The van der Waals surface area contributed by atoms with E-state index in [-0.39, 0.29) is 5.57 Å². The van der Waals surface area contributed by atoms with E-state index in [9.17, 15) is 14.7 Å². The van der Waals surface area contributed by atoms with Gasteiger partial charge in [0.1, 0.15) is 12.4 Å². The molecule has 1 amide bonds. The van der Waals surface area contributed by atoms with Crippen molar-refractivity contribution in [3.05, 3.63) is 71.8 Å². The number of carbonyl (C=O) groups excluding carboxylic acids is 2. The average molecular weight is 310 g/mol. The van der Waals surface area contributed by atoms with E-state index in [2.05, 4.69) is 5.32 Å². The number of hydrogen-bond donors (Lipinski definition) is 1. The molecule has 0 bridgehead atoms. The largest absolute Gasteiger partial charge is 0.545 e. The number of nitrogens with one attached hydrogen (secondary N) is 1. The zero-order chi connectivity index (χ0) is 16.7. The highest BCUT2D eigenvalue weighted by molar-refractivity contribution is 6.03. The van der Waals surface area contributed by atoms with Crippen molar-refractivity contribution in [3.63, 3.8) is 0 Å². The van der Waals surface area contributed by atoms with Crippen LogP contribution in [0, 0.1) is 0 Å². The highest BCUT2D eigenvalue weighted by Gasteiger charge is 2.01. The van der Waals surface area contributed by atoms with E-state index in [1.807, 2.05) is 30.3 Å². The predicted molar refractivity (Wildman–Crippen MR) is 84.6 cm³/mol. The van der Waals surface area contributed by atoms with Crippen LogP contribution in [0.15, 0.2) is 66.2 Å². The fourth-order valence-corrected chi connectivity index (χ4v) is 1.81. The minimum Gasteiger partial charge on any atom is -0.545 e. The zero-order valence-corrected chi connectivity index (χ0v) is 12.6. The van der Waals surface area contributed by atoms with Crippen molar-refractivity contribution < 1.29 is 19.4 Å². The molecule has 0 atom stereocenters. The molecule has 2 rings (SSSR count). The Bertz CT molecular complexity index is 706. The van der Waals surface area contributed by atoms with Crippen molar-refractivity contribution in [3.8, 4) is 5.75 Å². The quantitative estimate of drug-likeness (QED) is 0.827. The van der Waals surface area contributed by atoms with Crippen LogP contribution in [0.4, 0.5) is 5.69 Å². The molecular weight excluding hydrogens is 294 g/mol. The molecule has 0 aliphatic carbocycles. The number of benzene rings is 2. The van der Waals surface area contributed by atoms with Gasteiger partial charge in [0.05, 0.1) is 5.97 Å². The molecule has 0 radical (unpaired) electrons. The summed E-state index contributed by atoms with van der Waals surface area (Å²) in [7, 11) is 0. The molecule has 23 heavy (non-hydrogen) atoms. The lowest BCUT2D eigenvalue weighted by Gasteiger charge is -2.08. The van der Waals surface area contributed by atoms with E-state index < -0.39 is 11.9 Å². The maximum atomic E-state index is 11.6. The lowest BCUT2D eigenvalue weighted by atomic mass is 10.2. The van der Waals surface area contributed by atoms with Crippen molar-refractivity contribution >= 4 is 17.6 Å². The van der Waals surface area contributed by atoms with E-state index >= 15 is 0 Å². The Balaban J connectivity index is 1.90. The lowest BCUT2D eigenvalue weighted by Crippen LogP contribution is -2.24. The fraction of sp³-hybridized carbons (Fsp3) is 0.111. The van der Waals surface area contributed by atoms with Gasteiger partial charge in [-0.25, -0.2) is 0 Å². The second-order valence-corrected chi connectivity index (χ2v) is 4.90. The minimum absolute atomic E-state index is 0.134. The summed E-state index contributed by atoms with van der Waals surface area (Å²) >= 11 is 0. The number of carboxylic acid groups (broad SMARTS) is 1. The molecule has 0 unspecified atom stereocenters. The topological polar surface area (TPSA) is 78.5 Å². The number of hydrogen-bond acceptors (Lipinski definition) is 4. The standard InChI is InChI=1S/C18H17NO4/c1-13(18(21)22)11-17(20)19-15-7-9-16(10-8-15)23-12-14-5-3-2-4-6-14/h2-11H,12H2,1H3,(H,19,20)(H,21,22)/p-1/b13-11+. The van der Waals surface area contributed by atoms with E-state index in [1.54, 1.807) is 24.3 Å². The number of ether oxygens (including phenoxy) is 1. The van der Waals surface area contributed by atoms with Crippen molar-refractivity contribution in [1.29, 1.82) is 0 Å². The van der Waals surface area contributed by atoms with Crippen LogP contribution in [0.1, 0.15) is 12.5 Å². The maximum absolute atomic E-state index is 11.6. The van der Waals surface area contributed by atoms with Crippen molar-refractivity contribution in [2.75, 3.05) is 5.32 Å². The number of aliphatic carboxylic acids is 1. The third kappa shape index (κ3) is 5.32. The molecule has 0 aliphatic heterocycles. The summed E-state index contributed by atoms with van der Waals surface area (Å²) in [6, 6.07) is 16.6. The maximum Gasteiger partial charge on any atom is 0.248 e. The zero-order valence-electron chi connectivity index (χ0n) is 12.6. The number of amides is 1. The fourth-order valence-electron chi connectivity index (χ4n) is 1.81. The van der Waals surface area contributed by atoms with Crippen LogP contribution in [0.3, 0.4) is 0 Å². The van der Waals surface area contributed by atoms with Gasteiger partial charge in [-0.15, -0.1) is 0 Å². The number of anilines is 1. The Kier molecular flexibility index (Phi) is 5.52. The molecular formula is C18H16NO4-. The van der Waals surface area contributed by atoms with Gasteiger partial charge >= 0.3 is 0 Å². The summed E-state index contributed by atoms with van der Waals surface area (Å²) in [6.07, 6.45) is 0.981. The van der Waals surface area contributed by atoms with Crippen molar-refractivity contribution in [2.24, 2.45) is 0 Å². The van der Waals surface area contributed by atoms with Gasteiger partial charge in [-0.2, -0.15) is 0 Å². The molecule has 0 saturated carbocycles. The SMILES string of the molecule is C/C(=C\C(=O)Nc1ccc(OCc2ccccc2)cc1)C(=O)[O-]. The summed E-state index contributed by atoms with van der Waals surface area (Å²) in [5.74, 6) is -1.22. The Hall–Kier alpha value is -3.08. The van der Waals surface area contributed by atoms with Gasteiger partial charge in [-0.1, -0.05) is 30.3 Å². The molecule has 0 saturated heterocycles. The molecule has 5 nitrogen and oxygen atoms in total. The van der Waals surface area contributed by atoms with Crippen LogP contribution in [-0.2, 0) is 16.2 Å². The van der Waals surface area contributed by atoms with Gasteiger partial charge in [0.25, 0.3) is 0 Å². The smallest absolute Gasteiger partial charge is 0.248 e. The van der Waals surface area contributed by atoms with Crippen molar-refractivity contribution in [2.45, 2.75) is 13.5 Å². The van der Waals surface area contributed by atoms with Gasteiger partial charge < -0.3 is 20.0 Å². The Morgan fingerprint density at radius 1 is 1.09 bits per heavy atom. The Morgan fingerprint density at radius 2 is 1.74 bits per heavy atom. The van der Waals surface area contributed by atoms with Crippen LogP contribution in [-0.4, -0.2) is 11.9 Å². The second-order valence-electron chi connectivity index (χ2n) is 4.90. The predicted octanol–water partition coefficient (Wildman–Crippen LogP) is 1.90. The first kappa shape index (κ1) is 16.3. The van der Waals surface area contributed by atoms with Crippen LogP contribution in [0.25, 0.3) is 0 Å². The second kappa shape index (κ2) is 7.79. The van der Waals surface area contributed by atoms with Crippen LogP contribution < -0.4 is 15.2 Å². The summed E-state index contributed by atoms with van der Waals surface area (Å²) in [4.78, 5) is 22.2. The number of carboxylic acids is 1. The van der Waals surface area contributed by atoms with Gasteiger partial charge in [0.2, 0.25) is 5.91 Å². The summed E-state index contributed by atoms with van der Waals surface area (Å²) < 4.78 is 5.64. The highest BCUT2D eigenvalue weighted by atomic mass is 16.5. The normalized spacial score (nSPS) is 10.9. The first-order valence-electron chi connectivity index (χ1n) is 7.02. The Morgan fingerprint density at radius 3 is 2.35 bits per heavy atom. The first-order chi connectivity index (χ1) is 11.0. The van der Waals surface area contributed by atoms with Gasteiger partial charge in [0.15, 0.2) is 0 Å². The lowest BCUT2D eigenvalue weighted by molar-refractivity contribution is -0.299. The Labute approximate surface area is 134 Å². The molecule has 1 N–H and O–H groups in total. The highest BCUT2D eigenvalue weighted by Crippen LogP contribution is 2.17. The third-order valence-corrected chi connectivity index (χ3v) is 3.04. The molecule has 0 aliphatic rings. The number of rotatable bonds is 6. The van der Waals surface area contributed by atoms with Crippen LogP contribution in [0.2, 0.25) is 0 Å². The third-order valence-electron chi connectivity index (χ3n) is 3.04. The number of carbonyl (C=O) groups is 2. The van der Waals surface area contributed by atoms with Crippen LogP contribution in [0.5, 0.6) is 5.75 Å². The average Bonchev–Trinajstić information content (AvgIpc) is 2.55. The first-order valence-corrected chi connectivity index (χ1v) is 7.02. The van der Waals surface area contributed by atoms with Gasteiger partial charge in [0, 0.05) is 11.8 Å². The van der Waals surface area contributed by atoms with E-state index in [0.717, 1.165) is 11.6 Å².